The quantitative estimate of drug-likeness (QED) is 0.0359. The molecule has 5 aromatic carbocycles. The molecule has 7 aromatic rings. The lowest BCUT2D eigenvalue weighted by atomic mass is 9.97. The maximum atomic E-state index is 13.5. The molecule has 2 aromatic heterocycles. The number of aromatic hydroxyl groups is 1. The summed E-state index contributed by atoms with van der Waals surface area (Å²) < 4.78 is 12.4. The fourth-order valence-electron chi connectivity index (χ4n) is 7.97. The lowest BCUT2D eigenvalue weighted by Crippen LogP contribution is -2.43. The number of primary amides is 1. The Morgan fingerprint density at radius 3 is 2.43 bits per heavy atom. The number of phenols is 1. The second-order valence-electron chi connectivity index (χ2n) is 18.8. The van der Waals surface area contributed by atoms with Crippen molar-refractivity contribution in [3.63, 3.8) is 0 Å². The van der Waals surface area contributed by atoms with Crippen molar-refractivity contribution in [2.24, 2.45) is 5.73 Å². The van der Waals surface area contributed by atoms with E-state index in [2.05, 4.69) is 84.3 Å². The largest absolute Gasteiger partial charge is 0.506 e. The number of aromatic amines is 1. The predicted molar refractivity (Wildman–Crippen MR) is 276 cm³/mol. The van der Waals surface area contributed by atoms with Crippen molar-refractivity contribution in [3.05, 3.63) is 165 Å². The minimum atomic E-state index is -2.21. The van der Waals surface area contributed by atoms with Crippen LogP contribution in [0.2, 0.25) is 18.1 Å². The van der Waals surface area contributed by atoms with E-state index < -0.39 is 14.2 Å². The number of ether oxygens (including phenoxy) is 1. The van der Waals surface area contributed by atoms with Gasteiger partial charge < -0.3 is 40.5 Å². The first-order valence-electron chi connectivity index (χ1n) is 22.7. The molecule has 350 valence electrons. The van der Waals surface area contributed by atoms with Crippen LogP contribution in [0, 0.1) is 18.8 Å². The molecular weight excluding hydrogens is 869 g/mol. The molecule has 2 heterocycles. The van der Waals surface area contributed by atoms with Gasteiger partial charge in [0.2, 0.25) is 5.56 Å². The lowest BCUT2D eigenvalue weighted by Gasteiger charge is -2.40. The van der Waals surface area contributed by atoms with Gasteiger partial charge in [0, 0.05) is 64.6 Å². The number of carbonyl (C=O) groups excluding carboxylic acids is 2. The summed E-state index contributed by atoms with van der Waals surface area (Å²) in [6.45, 7) is 14.5. The Hall–Kier alpha value is -7.24. The first-order valence-corrected chi connectivity index (χ1v) is 25.6. The van der Waals surface area contributed by atoms with Gasteiger partial charge in [0.05, 0.1) is 35.5 Å². The standard InChI is InChI=1S/C55H60N6O6Si/c1-35-28-38(31-45-50(35)57-33-46(53(56)64)51(45)58-41-17-13-18-42(32-41)66-6)29-37-15-12-16-39(30-37)54(65)59-40-21-19-36(20-22-40)14-10-9-11-27-61(5)34-48(67-68(7,8)55(2,3)4)43-23-25-47(62)52-44(43)24-26-49(63)60-52/h12-13,15-26,28,30-33,48,62H,9,11,27,29,34H2,1-8H3,(H2,56,64)(H,57,58)(H,59,65)(H,60,63)/t48-/m0/s1. The Morgan fingerprint density at radius 1 is 0.926 bits per heavy atom. The monoisotopic (exact) mass is 928 g/mol. The number of pyridine rings is 2. The summed E-state index contributed by atoms with van der Waals surface area (Å²) in [6.07, 6.45) is 3.32. The second-order valence-corrected chi connectivity index (χ2v) is 23.6. The number of aryl methyl sites for hydroxylation is 1. The van der Waals surface area contributed by atoms with Crippen LogP contribution in [0.1, 0.15) is 88.3 Å². The summed E-state index contributed by atoms with van der Waals surface area (Å²) >= 11 is 0. The zero-order valence-electron chi connectivity index (χ0n) is 40.0. The van der Waals surface area contributed by atoms with E-state index in [-0.39, 0.29) is 33.9 Å². The van der Waals surface area contributed by atoms with Crippen molar-refractivity contribution >= 4 is 59.0 Å². The molecule has 68 heavy (non-hydrogen) atoms. The van der Waals surface area contributed by atoms with Crippen LogP contribution in [0.5, 0.6) is 11.5 Å². The van der Waals surface area contributed by atoms with Crippen LogP contribution in [-0.4, -0.2) is 67.4 Å². The van der Waals surface area contributed by atoms with E-state index in [9.17, 15) is 19.5 Å². The number of aromatic nitrogens is 2. The van der Waals surface area contributed by atoms with Crippen molar-refractivity contribution in [2.75, 3.05) is 37.9 Å². The Balaban J connectivity index is 0.964. The number of fused-ring (bicyclic) bond motifs is 2. The number of methoxy groups -OCH3 is 1. The van der Waals surface area contributed by atoms with Crippen LogP contribution >= 0.6 is 0 Å². The number of nitrogens with one attached hydrogen (secondary N) is 3. The minimum absolute atomic E-state index is 0.0129. The molecule has 1 atom stereocenters. The average Bonchev–Trinajstić information content (AvgIpc) is 3.29. The third kappa shape index (κ3) is 11.6. The van der Waals surface area contributed by atoms with Gasteiger partial charge >= 0.3 is 0 Å². The third-order valence-corrected chi connectivity index (χ3v) is 17.1. The SMILES string of the molecule is COc1cccc(Nc2c(C(N)=O)cnc3c(C)cc(Cc4cccc(C(=O)Nc5ccc(C#CCCCN(C)C[C@H](O[Si](C)(C)C(C)(C)C)c6ccc(O)c7[nH]c(=O)ccc67)cc5)c4)cc23)c1. The van der Waals surface area contributed by atoms with Crippen LogP contribution in [0.3, 0.4) is 0 Å². The highest BCUT2D eigenvalue weighted by molar-refractivity contribution is 6.74. The first-order chi connectivity index (χ1) is 32.4. The summed E-state index contributed by atoms with van der Waals surface area (Å²) in [5, 5.41) is 18.5. The number of unbranched alkanes of at least 4 members (excludes halogenated alkanes) is 1. The number of H-pyrrole nitrogens is 1. The third-order valence-electron chi connectivity index (χ3n) is 12.6. The molecule has 0 saturated heterocycles. The van der Waals surface area contributed by atoms with Crippen LogP contribution in [0.25, 0.3) is 21.8 Å². The highest BCUT2D eigenvalue weighted by atomic mass is 28.4. The molecule has 0 fully saturated rings. The number of anilines is 3. The minimum Gasteiger partial charge on any atom is -0.506 e. The van der Waals surface area contributed by atoms with Gasteiger partial charge in [-0.1, -0.05) is 62.9 Å². The lowest BCUT2D eigenvalue weighted by molar-refractivity contribution is 0.0998. The molecule has 6 N–H and O–H groups in total. The van der Waals surface area contributed by atoms with E-state index >= 15 is 0 Å². The average molecular weight is 929 g/mol. The van der Waals surface area contributed by atoms with Gasteiger partial charge in [-0.15, -0.1) is 0 Å². The number of amides is 2. The summed E-state index contributed by atoms with van der Waals surface area (Å²) in [5.74, 6) is 6.44. The zero-order chi connectivity index (χ0) is 48.8. The molecule has 0 radical (unpaired) electrons. The van der Waals surface area contributed by atoms with Crippen LogP contribution in [0.15, 0.2) is 120 Å². The van der Waals surface area contributed by atoms with Crippen LogP contribution in [-0.2, 0) is 10.8 Å². The maximum absolute atomic E-state index is 13.5. The predicted octanol–water partition coefficient (Wildman–Crippen LogP) is 10.6. The first kappa shape index (κ1) is 48.7. The summed E-state index contributed by atoms with van der Waals surface area (Å²) in [7, 11) is 1.47. The summed E-state index contributed by atoms with van der Waals surface area (Å²) in [6, 6.07) is 33.4. The van der Waals surface area contributed by atoms with Crippen LogP contribution in [0.4, 0.5) is 17.1 Å². The normalized spacial score (nSPS) is 12.1. The molecular formula is C55H60N6O6Si. The number of benzene rings is 5. The van der Waals surface area contributed by atoms with Gasteiger partial charge in [-0.05, 0) is 140 Å². The molecule has 0 aliphatic carbocycles. The number of carbonyl (C=O) groups is 2. The molecule has 0 unspecified atom stereocenters. The van der Waals surface area contributed by atoms with Crippen molar-refractivity contribution in [3.8, 4) is 23.3 Å². The zero-order valence-corrected chi connectivity index (χ0v) is 41.0. The molecule has 7 rings (SSSR count). The van der Waals surface area contributed by atoms with Crippen LogP contribution < -0.4 is 26.7 Å². The maximum Gasteiger partial charge on any atom is 0.255 e. The van der Waals surface area contributed by atoms with Gasteiger partial charge in [0.15, 0.2) is 8.32 Å². The van der Waals surface area contributed by atoms with Gasteiger partial charge in [-0.25, -0.2) is 0 Å². The Morgan fingerprint density at radius 2 is 1.69 bits per heavy atom. The van der Waals surface area contributed by atoms with Gasteiger partial charge in [0.25, 0.3) is 11.8 Å². The molecule has 12 nitrogen and oxygen atoms in total. The summed E-state index contributed by atoms with van der Waals surface area (Å²) in [4.78, 5) is 47.8. The Bertz CT molecular complexity index is 3110. The molecule has 0 aliphatic heterocycles. The molecule has 13 heteroatoms. The highest BCUT2D eigenvalue weighted by Crippen LogP contribution is 2.41. The van der Waals surface area contributed by atoms with E-state index in [0.717, 1.165) is 62.8 Å². The second kappa shape index (κ2) is 20.7. The molecule has 0 aliphatic rings. The Kier molecular flexibility index (Phi) is 14.8. The Labute approximate surface area is 399 Å². The molecule has 0 bridgehead atoms. The van der Waals surface area contributed by atoms with E-state index in [1.165, 1.54) is 12.3 Å². The fourth-order valence-corrected chi connectivity index (χ4v) is 9.24. The van der Waals surface area contributed by atoms with Gasteiger partial charge in [0.1, 0.15) is 11.5 Å². The highest BCUT2D eigenvalue weighted by Gasteiger charge is 2.40. The number of rotatable bonds is 16. The van der Waals surface area contributed by atoms with Crippen molar-refractivity contribution < 1.29 is 23.9 Å². The number of hydrogen-bond acceptors (Lipinski definition) is 9. The fraction of sp³-hybridized carbons (Fsp3) is 0.273. The van der Waals surface area contributed by atoms with E-state index in [0.29, 0.717) is 47.6 Å². The number of nitrogens with zero attached hydrogens (tertiary/aromatic N) is 2. The van der Waals surface area contributed by atoms with Crippen molar-refractivity contribution in [1.82, 2.24) is 14.9 Å². The number of hydrogen-bond donors (Lipinski definition) is 5. The topological polar surface area (TPSA) is 172 Å². The summed E-state index contributed by atoms with van der Waals surface area (Å²) in [5.41, 5.74) is 14.1. The van der Waals surface area contributed by atoms with Crippen molar-refractivity contribution in [1.29, 1.82) is 0 Å². The van der Waals surface area contributed by atoms with Crippen molar-refractivity contribution in [2.45, 2.75) is 71.2 Å². The molecule has 0 spiro atoms. The van der Waals surface area contributed by atoms with E-state index in [1.807, 2.05) is 85.8 Å². The number of likely N-dealkylation sites (N-methyl/N-ethyl adjacent to an activating group) is 1. The van der Waals surface area contributed by atoms with E-state index in [4.69, 9.17) is 14.9 Å². The van der Waals surface area contributed by atoms with E-state index in [1.54, 1.807) is 25.3 Å². The van der Waals surface area contributed by atoms with Gasteiger partial charge in [-0.2, -0.15) is 0 Å². The molecule has 0 saturated carbocycles. The number of phenolic OH excluding ortho intramolecular Hbond substituents is 1. The molecule has 2 amide bonds. The smallest absolute Gasteiger partial charge is 0.255 e. The van der Waals surface area contributed by atoms with Gasteiger partial charge in [-0.3, -0.25) is 19.4 Å². The number of nitrogens with two attached hydrogens (primary N) is 1.